The van der Waals surface area contributed by atoms with Crippen molar-refractivity contribution in [2.24, 2.45) is 0 Å². The fourth-order valence-corrected chi connectivity index (χ4v) is 2.96. The van der Waals surface area contributed by atoms with Gasteiger partial charge in [-0.3, -0.25) is 4.18 Å². The van der Waals surface area contributed by atoms with Gasteiger partial charge in [-0.2, -0.15) is 8.42 Å². The summed E-state index contributed by atoms with van der Waals surface area (Å²) in [4.78, 5) is 0. The summed E-state index contributed by atoms with van der Waals surface area (Å²) in [6, 6.07) is 5.23. The smallest absolute Gasteiger partial charge is 0.262 e. The van der Waals surface area contributed by atoms with E-state index >= 15 is 0 Å². The summed E-state index contributed by atoms with van der Waals surface area (Å²) in [5.74, 6) is 0. The van der Waals surface area contributed by atoms with E-state index in [1.165, 1.54) is 0 Å². The van der Waals surface area contributed by atoms with Gasteiger partial charge in [-0.15, -0.1) is 0 Å². The molecule has 0 aliphatic carbocycles. The van der Waals surface area contributed by atoms with Crippen LogP contribution in [0.3, 0.4) is 0 Å². The monoisotopic (exact) mass is 312 g/mol. The van der Waals surface area contributed by atoms with E-state index in [1.54, 1.807) is 25.1 Å². The predicted molar refractivity (Wildman–Crippen MR) is 63.5 cm³/mol. The minimum atomic E-state index is -3.48. The highest BCUT2D eigenvalue weighted by atomic mass is 79.9. The van der Waals surface area contributed by atoms with Crippen molar-refractivity contribution >= 4 is 37.6 Å². The predicted octanol–water partition coefficient (Wildman–Crippen LogP) is 3.14. The molecule has 0 bridgehead atoms. The molecule has 0 aromatic heterocycles. The molecule has 1 aromatic rings. The molecule has 1 atom stereocenters. The number of hydrogen-bond donors (Lipinski definition) is 0. The third kappa shape index (κ3) is 3.75. The van der Waals surface area contributed by atoms with Gasteiger partial charge in [-0.1, -0.05) is 33.6 Å². The number of hydrogen-bond acceptors (Lipinski definition) is 3. The molecule has 0 saturated carbocycles. The van der Waals surface area contributed by atoms with Crippen LogP contribution in [0.1, 0.15) is 18.6 Å². The van der Waals surface area contributed by atoms with Crippen molar-refractivity contribution in [1.29, 1.82) is 0 Å². The van der Waals surface area contributed by atoms with E-state index in [2.05, 4.69) is 15.9 Å². The lowest BCUT2D eigenvalue weighted by Gasteiger charge is -2.14. The van der Waals surface area contributed by atoms with Gasteiger partial charge in [0, 0.05) is 15.1 Å². The normalized spacial score (nSPS) is 13.9. The largest absolute Gasteiger partial charge is 0.264 e. The molecule has 3 nitrogen and oxygen atoms in total. The summed E-state index contributed by atoms with van der Waals surface area (Å²) in [7, 11) is -3.48. The minimum Gasteiger partial charge on any atom is -0.262 e. The second kappa shape index (κ2) is 4.82. The molecule has 0 saturated heterocycles. The first-order chi connectivity index (χ1) is 6.81. The molecule has 0 heterocycles. The van der Waals surface area contributed by atoms with Crippen molar-refractivity contribution in [3.8, 4) is 0 Å². The zero-order valence-electron chi connectivity index (χ0n) is 8.20. The second-order valence-corrected chi connectivity index (χ2v) is 5.94. The molecule has 0 radical (unpaired) electrons. The number of benzene rings is 1. The number of rotatable bonds is 3. The van der Waals surface area contributed by atoms with Gasteiger partial charge < -0.3 is 0 Å². The van der Waals surface area contributed by atoms with Crippen LogP contribution in [-0.4, -0.2) is 14.7 Å². The van der Waals surface area contributed by atoms with Crippen LogP contribution in [0, 0.1) is 0 Å². The van der Waals surface area contributed by atoms with Gasteiger partial charge in [0.2, 0.25) is 0 Å². The first-order valence-corrected chi connectivity index (χ1v) is 7.12. The molecular formula is C9H10BrClO3S. The molecule has 0 aliphatic heterocycles. The van der Waals surface area contributed by atoms with Crippen LogP contribution >= 0.6 is 27.5 Å². The Morgan fingerprint density at radius 3 is 2.53 bits per heavy atom. The maximum atomic E-state index is 11.0. The van der Waals surface area contributed by atoms with Crippen LogP contribution in [0.4, 0.5) is 0 Å². The Hall–Kier alpha value is -0.100. The quantitative estimate of drug-likeness (QED) is 0.805. The van der Waals surface area contributed by atoms with E-state index in [4.69, 9.17) is 15.8 Å². The lowest BCUT2D eigenvalue weighted by molar-refractivity contribution is 0.236. The van der Waals surface area contributed by atoms with Crippen LogP contribution in [0.15, 0.2) is 22.7 Å². The molecule has 15 heavy (non-hydrogen) atoms. The third-order valence-corrected chi connectivity index (χ3v) is 3.38. The molecule has 1 aromatic carbocycles. The summed E-state index contributed by atoms with van der Waals surface area (Å²) >= 11 is 9.24. The van der Waals surface area contributed by atoms with Gasteiger partial charge in [0.1, 0.15) is 6.10 Å². The summed E-state index contributed by atoms with van der Waals surface area (Å²) in [6.07, 6.45) is 0.400. The van der Waals surface area contributed by atoms with Crippen LogP contribution in [0.25, 0.3) is 0 Å². The molecule has 0 spiro atoms. The summed E-state index contributed by atoms with van der Waals surface area (Å²) < 4.78 is 27.5. The Balaban J connectivity index is 3.06. The average molecular weight is 314 g/mol. The highest BCUT2D eigenvalue weighted by molar-refractivity contribution is 9.10. The molecule has 6 heteroatoms. The zero-order chi connectivity index (χ0) is 11.6. The van der Waals surface area contributed by atoms with E-state index < -0.39 is 16.2 Å². The van der Waals surface area contributed by atoms with E-state index in [1.807, 2.05) is 0 Å². The van der Waals surface area contributed by atoms with Crippen LogP contribution in [-0.2, 0) is 14.3 Å². The second-order valence-electron chi connectivity index (χ2n) is 3.08. The SMILES string of the molecule is CC(OS(C)(=O)=O)c1c(Cl)cccc1Br. The number of halogens is 2. The molecule has 84 valence electrons. The Morgan fingerprint density at radius 2 is 2.07 bits per heavy atom. The van der Waals surface area contributed by atoms with Crippen molar-refractivity contribution in [2.45, 2.75) is 13.0 Å². The van der Waals surface area contributed by atoms with Gasteiger partial charge in [0.25, 0.3) is 10.1 Å². The van der Waals surface area contributed by atoms with E-state index in [0.717, 1.165) is 10.7 Å². The van der Waals surface area contributed by atoms with Gasteiger partial charge in [0.05, 0.1) is 6.26 Å². The third-order valence-electron chi connectivity index (χ3n) is 1.73. The fourth-order valence-electron chi connectivity index (χ4n) is 1.21. The molecule has 0 N–H and O–H groups in total. The lowest BCUT2D eigenvalue weighted by Crippen LogP contribution is -2.08. The highest BCUT2D eigenvalue weighted by Gasteiger charge is 2.17. The van der Waals surface area contributed by atoms with Crippen LogP contribution in [0.5, 0.6) is 0 Å². The topological polar surface area (TPSA) is 43.4 Å². The highest BCUT2D eigenvalue weighted by Crippen LogP contribution is 2.32. The Kier molecular flexibility index (Phi) is 4.17. The molecule has 1 unspecified atom stereocenters. The molecule has 0 amide bonds. The minimum absolute atomic E-state index is 0.473. The van der Waals surface area contributed by atoms with E-state index in [0.29, 0.717) is 10.6 Å². The maximum Gasteiger partial charge on any atom is 0.264 e. The van der Waals surface area contributed by atoms with Crippen molar-refractivity contribution < 1.29 is 12.6 Å². The van der Waals surface area contributed by atoms with Crippen molar-refractivity contribution in [2.75, 3.05) is 6.26 Å². The first kappa shape index (κ1) is 13.0. The van der Waals surface area contributed by atoms with Gasteiger partial charge >= 0.3 is 0 Å². The Morgan fingerprint density at radius 1 is 1.47 bits per heavy atom. The van der Waals surface area contributed by atoms with Crippen molar-refractivity contribution in [3.63, 3.8) is 0 Å². The van der Waals surface area contributed by atoms with Gasteiger partial charge in [-0.25, -0.2) is 0 Å². The van der Waals surface area contributed by atoms with E-state index in [-0.39, 0.29) is 0 Å². The average Bonchev–Trinajstić information content (AvgIpc) is 1.99. The fraction of sp³-hybridized carbons (Fsp3) is 0.333. The summed E-state index contributed by atoms with van der Waals surface area (Å²) in [5.41, 5.74) is 0.629. The Bertz CT molecular complexity index is 438. The summed E-state index contributed by atoms with van der Waals surface area (Å²) in [5, 5.41) is 0.473. The van der Waals surface area contributed by atoms with Gasteiger partial charge in [0.15, 0.2) is 0 Å². The summed E-state index contributed by atoms with van der Waals surface area (Å²) in [6.45, 7) is 1.63. The Labute approximate surface area is 103 Å². The van der Waals surface area contributed by atoms with Crippen LogP contribution < -0.4 is 0 Å². The van der Waals surface area contributed by atoms with E-state index in [9.17, 15) is 8.42 Å². The molecule has 0 aliphatic rings. The van der Waals surface area contributed by atoms with Crippen molar-refractivity contribution in [1.82, 2.24) is 0 Å². The first-order valence-electron chi connectivity index (χ1n) is 4.13. The van der Waals surface area contributed by atoms with Crippen LogP contribution in [0.2, 0.25) is 5.02 Å². The molecular weight excluding hydrogens is 304 g/mol. The zero-order valence-corrected chi connectivity index (χ0v) is 11.4. The van der Waals surface area contributed by atoms with Crippen molar-refractivity contribution in [3.05, 3.63) is 33.3 Å². The maximum absolute atomic E-state index is 11.0. The molecule has 1 rings (SSSR count). The lowest BCUT2D eigenvalue weighted by atomic mass is 10.1. The standard InChI is InChI=1S/C9H10BrClO3S/c1-6(14-15(2,12)13)9-7(10)4-3-5-8(9)11/h3-6H,1-2H3. The molecule has 0 fully saturated rings. The van der Waals surface area contributed by atoms with Gasteiger partial charge in [-0.05, 0) is 19.1 Å².